The van der Waals surface area contributed by atoms with Gasteiger partial charge in [0, 0.05) is 0 Å². The molecule has 164 valence electrons. The predicted molar refractivity (Wildman–Crippen MR) is 97.4 cm³/mol. The zero-order valence-electron chi connectivity index (χ0n) is 16.7. The second-order valence-electron chi connectivity index (χ2n) is 9.17. The third kappa shape index (κ3) is 3.33. The van der Waals surface area contributed by atoms with Crippen molar-refractivity contribution in [1.29, 1.82) is 0 Å². The minimum atomic E-state index is -1.51. The fraction of sp³-hybridized carbons (Fsp3) is 0.850. The summed E-state index contributed by atoms with van der Waals surface area (Å²) >= 11 is 0. The molecule has 2 aliphatic heterocycles. The molecule has 1 saturated carbocycles. The van der Waals surface area contributed by atoms with E-state index in [0.29, 0.717) is 12.8 Å². The molecular weight excluding hydrogens is 384 g/mol. The number of ether oxygens (including phenoxy) is 3. The number of hydrogen-bond acceptors (Lipinski definition) is 9. The van der Waals surface area contributed by atoms with Gasteiger partial charge >= 0.3 is 5.97 Å². The summed E-state index contributed by atoms with van der Waals surface area (Å²) in [5, 5.41) is 50.6. The normalized spacial score (nSPS) is 50.2. The molecular formula is C20H30O9. The Kier molecular flexibility index (Phi) is 5.30. The SMILES string of the molecule is CC1=C2[C@@H]3OC(=O)C[C@]3(O)CC[C@@]2(C)CC[C@H]1O[C@@H]1O[C@H](CO)[C@@H](O)[C@H](O)[C@H]1O. The van der Waals surface area contributed by atoms with Gasteiger partial charge < -0.3 is 39.7 Å². The van der Waals surface area contributed by atoms with Gasteiger partial charge in [-0.05, 0) is 49.2 Å². The Balaban J connectivity index is 1.61. The van der Waals surface area contributed by atoms with E-state index >= 15 is 0 Å². The zero-order chi connectivity index (χ0) is 21.1. The van der Waals surface area contributed by atoms with Crippen molar-refractivity contribution in [3.05, 3.63) is 11.1 Å². The summed E-state index contributed by atoms with van der Waals surface area (Å²) in [7, 11) is 0. The monoisotopic (exact) mass is 414 g/mol. The molecule has 9 nitrogen and oxygen atoms in total. The maximum Gasteiger partial charge on any atom is 0.309 e. The lowest BCUT2D eigenvalue weighted by atomic mass is 9.59. The van der Waals surface area contributed by atoms with Crippen LogP contribution in [0.5, 0.6) is 0 Å². The maximum absolute atomic E-state index is 11.9. The summed E-state index contributed by atoms with van der Waals surface area (Å²) < 4.78 is 17.0. The van der Waals surface area contributed by atoms with Crippen LogP contribution in [0, 0.1) is 5.41 Å². The molecule has 0 unspecified atom stereocenters. The number of rotatable bonds is 3. The molecule has 9 heteroatoms. The fourth-order valence-electron chi connectivity index (χ4n) is 5.41. The van der Waals surface area contributed by atoms with E-state index in [0.717, 1.165) is 24.0 Å². The molecule has 0 aromatic heterocycles. The van der Waals surface area contributed by atoms with E-state index < -0.39 is 61.1 Å². The summed E-state index contributed by atoms with van der Waals surface area (Å²) in [5.74, 6) is -0.418. The van der Waals surface area contributed by atoms with Crippen LogP contribution < -0.4 is 0 Å². The van der Waals surface area contributed by atoms with Crippen molar-refractivity contribution in [2.24, 2.45) is 5.41 Å². The Hall–Kier alpha value is -1.07. The lowest BCUT2D eigenvalue weighted by Gasteiger charge is -2.50. The molecule has 9 atom stereocenters. The van der Waals surface area contributed by atoms with Gasteiger partial charge in [0.25, 0.3) is 0 Å². The highest BCUT2D eigenvalue weighted by molar-refractivity contribution is 5.75. The van der Waals surface area contributed by atoms with Crippen LogP contribution in [0.25, 0.3) is 0 Å². The predicted octanol–water partition coefficient (Wildman–Crippen LogP) is -0.871. The topological polar surface area (TPSA) is 146 Å². The molecule has 0 radical (unpaired) electrons. The number of carbonyl (C=O) groups is 1. The smallest absolute Gasteiger partial charge is 0.309 e. The number of hydrogen-bond donors (Lipinski definition) is 5. The lowest BCUT2D eigenvalue weighted by molar-refractivity contribution is -0.309. The van der Waals surface area contributed by atoms with Crippen molar-refractivity contribution < 1.29 is 44.5 Å². The number of fused-ring (bicyclic) bond motifs is 3. The summed E-state index contributed by atoms with van der Waals surface area (Å²) in [6.07, 6.45) is -5.35. The minimum absolute atomic E-state index is 0.0250. The van der Waals surface area contributed by atoms with Gasteiger partial charge in [-0.3, -0.25) is 4.79 Å². The molecule has 0 spiro atoms. The van der Waals surface area contributed by atoms with Crippen molar-refractivity contribution in [2.75, 3.05) is 6.61 Å². The number of aliphatic hydroxyl groups is 5. The van der Waals surface area contributed by atoms with E-state index in [1.54, 1.807) is 0 Å². The van der Waals surface area contributed by atoms with E-state index in [1.807, 2.05) is 6.92 Å². The number of carbonyl (C=O) groups excluding carboxylic acids is 1. The molecule has 5 N–H and O–H groups in total. The Morgan fingerprint density at radius 2 is 1.86 bits per heavy atom. The van der Waals surface area contributed by atoms with Gasteiger partial charge in [0.15, 0.2) is 12.4 Å². The van der Waals surface area contributed by atoms with Gasteiger partial charge in [0.2, 0.25) is 0 Å². The zero-order valence-corrected chi connectivity index (χ0v) is 16.7. The van der Waals surface area contributed by atoms with Gasteiger partial charge in [0.1, 0.15) is 30.0 Å². The minimum Gasteiger partial charge on any atom is -0.455 e. The van der Waals surface area contributed by atoms with Gasteiger partial charge in [0.05, 0.1) is 19.1 Å². The summed E-state index contributed by atoms with van der Waals surface area (Å²) in [4.78, 5) is 11.9. The van der Waals surface area contributed by atoms with E-state index in [2.05, 4.69) is 6.92 Å². The van der Waals surface area contributed by atoms with Crippen molar-refractivity contribution in [2.45, 2.75) is 94.5 Å². The summed E-state index contributed by atoms with van der Waals surface area (Å²) in [5.41, 5.74) is 0.241. The van der Waals surface area contributed by atoms with Crippen molar-refractivity contribution in [3.63, 3.8) is 0 Å². The first-order valence-corrected chi connectivity index (χ1v) is 10.2. The van der Waals surface area contributed by atoms with E-state index in [4.69, 9.17) is 14.2 Å². The Bertz CT molecular complexity index is 706. The second kappa shape index (κ2) is 7.26. The average Bonchev–Trinajstić information content (AvgIpc) is 2.98. The molecule has 0 aromatic rings. The Labute approximate surface area is 168 Å². The van der Waals surface area contributed by atoms with Crippen LogP contribution in [-0.2, 0) is 19.0 Å². The van der Waals surface area contributed by atoms with E-state index in [1.165, 1.54) is 0 Å². The van der Waals surface area contributed by atoms with Crippen LogP contribution in [0.15, 0.2) is 11.1 Å². The van der Waals surface area contributed by atoms with Crippen LogP contribution in [0.2, 0.25) is 0 Å². The van der Waals surface area contributed by atoms with Crippen molar-refractivity contribution in [1.82, 2.24) is 0 Å². The molecule has 2 aliphatic carbocycles. The summed E-state index contributed by atoms with van der Waals surface area (Å²) in [6.45, 7) is 3.43. The summed E-state index contributed by atoms with van der Waals surface area (Å²) in [6, 6.07) is 0. The highest BCUT2D eigenvalue weighted by Crippen LogP contribution is 2.56. The number of aliphatic hydroxyl groups excluding tert-OH is 4. The first-order chi connectivity index (χ1) is 13.6. The molecule has 2 heterocycles. The van der Waals surface area contributed by atoms with Crippen molar-refractivity contribution in [3.8, 4) is 0 Å². The molecule has 3 fully saturated rings. The number of esters is 1. The van der Waals surface area contributed by atoms with Crippen LogP contribution in [0.3, 0.4) is 0 Å². The van der Waals surface area contributed by atoms with E-state index in [-0.39, 0.29) is 11.8 Å². The molecule has 4 rings (SSSR count). The van der Waals surface area contributed by atoms with Gasteiger partial charge in [-0.25, -0.2) is 0 Å². The molecule has 0 bridgehead atoms. The third-order valence-corrected chi connectivity index (χ3v) is 7.22. The second-order valence-corrected chi connectivity index (χ2v) is 9.17. The van der Waals surface area contributed by atoms with Crippen LogP contribution >= 0.6 is 0 Å². The highest BCUT2D eigenvalue weighted by Gasteiger charge is 2.59. The first kappa shape index (κ1) is 21.2. The Morgan fingerprint density at radius 1 is 1.14 bits per heavy atom. The standard InChI is InChI=1S/C20H30O9/c1-9-10(27-18-16(25)15(24)14(23)11(8-21)28-18)3-4-19(2)5-6-20(26)7-12(22)29-17(20)13(9)19/h10-11,14-18,21,23-26H,3-8H2,1-2H3/t10-,11-,14-,15+,16-,17+,18-,19-,20-/m1/s1. The van der Waals surface area contributed by atoms with Gasteiger partial charge in [-0.2, -0.15) is 0 Å². The molecule has 2 saturated heterocycles. The molecule has 29 heavy (non-hydrogen) atoms. The Morgan fingerprint density at radius 3 is 2.55 bits per heavy atom. The lowest BCUT2D eigenvalue weighted by Crippen LogP contribution is -2.60. The van der Waals surface area contributed by atoms with Crippen molar-refractivity contribution >= 4 is 5.97 Å². The van der Waals surface area contributed by atoms with Gasteiger partial charge in [-0.1, -0.05) is 6.92 Å². The quantitative estimate of drug-likeness (QED) is 0.294. The van der Waals surface area contributed by atoms with E-state index in [9.17, 15) is 30.3 Å². The average molecular weight is 414 g/mol. The maximum atomic E-state index is 11.9. The van der Waals surface area contributed by atoms with Gasteiger partial charge in [-0.15, -0.1) is 0 Å². The molecule has 0 aromatic carbocycles. The van der Waals surface area contributed by atoms with Crippen LogP contribution in [0.4, 0.5) is 0 Å². The fourth-order valence-corrected chi connectivity index (χ4v) is 5.41. The highest BCUT2D eigenvalue weighted by atomic mass is 16.7. The van der Waals surface area contributed by atoms with Crippen LogP contribution in [-0.4, -0.2) is 86.6 Å². The first-order valence-electron chi connectivity index (χ1n) is 10.2. The van der Waals surface area contributed by atoms with Crippen LogP contribution in [0.1, 0.15) is 46.0 Å². The molecule has 0 amide bonds. The molecule has 4 aliphatic rings. The third-order valence-electron chi connectivity index (χ3n) is 7.22. The largest absolute Gasteiger partial charge is 0.455 e.